The van der Waals surface area contributed by atoms with Crippen molar-refractivity contribution in [1.82, 2.24) is 0 Å². The summed E-state index contributed by atoms with van der Waals surface area (Å²) >= 11 is 0. The van der Waals surface area contributed by atoms with E-state index in [2.05, 4.69) is 11.0 Å². The lowest BCUT2D eigenvalue weighted by atomic mass is 10.1. The third-order valence-electron chi connectivity index (χ3n) is 4.50. The molecule has 2 aromatic carbocycles. The maximum Gasteiger partial charge on any atom is 0.269 e. The predicted molar refractivity (Wildman–Crippen MR) is 92.7 cm³/mol. The molecule has 0 radical (unpaired) electrons. The highest BCUT2D eigenvalue weighted by Gasteiger charge is 2.22. The summed E-state index contributed by atoms with van der Waals surface area (Å²) in [7, 11) is 1.70. The molecule has 0 saturated carbocycles. The van der Waals surface area contributed by atoms with Gasteiger partial charge >= 0.3 is 0 Å². The van der Waals surface area contributed by atoms with E-state index < -0.39 is 0 Å². The number of nitrogens with one attached hydrogen (secondary N) is 1. The maximum absolute atomic E-state index is 10.7. The summed E-state index contributed by atoms with van der Waals surface area (Å²) in [6, 6.07) is 15.0. The topological polar surface area (TPSA) is 60.0 Å². The predicted octanol–water partition coefficient (Wildman–Crippen LogP) is 1.51. The van der Waals surface area contributed by atoms with Crippen LogP contribution >= 0.6 is 0 Å². The molecule has 2 aromatic rings. The number of methoxy groups -OCH3 is 1. The average molecular weight is 328 g/mol. The van der Waals surface area contributed by atoms with Crippen LogP contribution in [0.25, 0.3) is 0 Å². The zero-order chi connectivity index (χ0) is 16.9. The quantitative estimate of drug-likeness (QED) is 0.668. The Morgan fingerprint density at radius 1 is 1.12 bits per heavy atom. The Balaban J connectivity index is 1.58. The number of anilines is 1. The molecule has 0 aromatic heterocycles. The van der Waals surface area contributed by atoms with E-state index in [-0.39, 0.29) is 10.6 Å². The van der Waals surface area contributed by atoms with E-state index in [0.29, 0.717) is 0 Å². The number of non-ortho nitro benzene ring substituents is 1. The first-order valence-electron chi connectivity index (χ1n) is 8.12. The summed E-state index contributed by atoms with van der Waals surface area (Å²) in [6.07, 6.45) is 0. The molecule has 0 bridgehead atoms. The highest BCUT2D eigenvalue weighted by molar-refractivity contribution is 5.58. The van der Waals surface area contributed by atoms with Gasteiger partial charge in [-0.05, 0) is 24.3 Å². The van der Waals surface area contributed by atoms with Crippen molar-refractivity contribution >= 4 is 11.4 Å². The van der Waals surface area contributed by atoms with E-state index in [4.69, 9.17) is 4.74 Å². The Hall–Kier alpha value is -2.60. The number of nitrogens with zero attached hydrogens (tertiary/aromatic N) is 2. The molecule has 1 fully saturated rings. The van der Waals surface area contributed by atoms with Gasteiger partial charge in [0.05, 0.1) is 43.9 Å². The normalized spacial score (nSPS) is 15.3. The number of hydrogen-bond donors (Lipinski definition) is 1. The standard InChI is InChI=1S/C18H21N3O3/c1-24-18-5-3-2-4-17(18)20-12-10-19(11-13-20)14-15-6-8-16(9-7-15)21(22)23/h2-9H,10-14H2,1H3/p+1. The highest BCUT2D eigenvalue weighted by atomic mass is 16.6. The van der Waals surface area contributed by atoms with E-state index in [9.17, 15) is 10.1 Å². The first kappa shape index (κ1) is 16.3. The Bertz CT molecular complexity index is 695. The van der Waals surface area contributed by atoms with Crippen LogP contribution in [0.1, 0.15) is 5.56 Å². The molecular weight excluding hydrogens is 306 g/mol. The molecule has 0 atom stereocenters. The molecule has 1 saturated heterocycles. The number of hydrogen-bond acceptors (Lipinski definition) is 4. The van der Waals surface area contributed by atoms with Crippen molar-refractivity contribution in [1.29, 1.82) is 0 Å². The smallest absolute Gasteiger partial charge is 0.269 e. The summed E-state index contributed by atoms with van der Waals surface area (Å²) < 4.78 is 5.45. The first-order chi connectivity index (χ1) is 11.7. The lowest BCUT2D eigenvalue weighted by molar-refractivity contribution is -0.914. The number of nitro benzene ring substituents is 1. The summed E-state index contributed by atoms with van der Waals surface area (Å²) in [5.41, 5.74) is 2.44. The lowest BCUT2D eigenvalue weighted by Crippen LogP contribution is -3.13. The van der Waals surface area contributed by atoms with E-state index in [1.807, 2.05) is 30.3 Å². The van der Waals surface area contributed by atoms with Gasteiger partial charge in [-0.25, -0.2) is 0 Å². The summed E-state index contributed by atoms with van der Waals surface area (Å²) in [5.74, 6) is 0.913. The monoisotopic (exact) mass is 328 g/mol. The van der Waals surface area contributed by atoms with E-state index >= 15 is 0 Å². The molecule has 6 nitrogen and oxygen atoms in total. The van der Waals surface area contributed by atoms with Gasteiger partial charge in [0.2, 0.25) is 0 Å². The number of nitro groups is 1. The van der Waals surface area contributed by atoms with Crippen LogP contribution in [0.5, 0.6) is 5.75 Å². The largest absolute Gasteiger partial charge is 0.495 e. The van der Waals surface area contributed by atoms with Crippen molar-refractivity contribution in [3.8, 4) is 5.75 Å². The lowest BCUT2D eigenvalue weighted by Gasteiger charge is -2.34. The molecule has 0 spiro atoms. The second kappa shape index (κ2) is 7.31. The van der Waals surface area contributed by atoms with Crippen molar-refractivity contribution in [3.63, 3.8) is 0 Å². The number of benzene rings is 2. The molecule has 1 heterocycles. The van der Waals surface area contributed by atoms with Crippen molar-refractivity contribution in [2.45, 2.75) is 6.54 Å². The van der Waals surface area contributed by atoms with Crippen LogP contribution in [0.2, 0.25) is 0 Å². The minimum Gasteiger partial charge on any atom is -0.495 e. The first-order valence-corrected chi connectivity index (χ1v) is 8.12. The van der Waals surface area contributed by atoms with Crippen molar-refractivity contribution in [3.05, 3.63) is 64.2 Å². The minimum absolute atomic E-state index is 0.148. The molecule has 0 aliphatic carbocycles. The second-order valence-electron chi connectivity index (χ2n) is 6.01. The highest BCUT2D eigenvalue weighted by Crippen LogP contribution is 2.27. The van der Waals surface area contributed by atoms with Gasteiger partial charge in [-0.1, -0.05) is 12.1 Å². The molecule has 1 N–H and O–H groups in total. The van der Waals surface area contributed by atoms with Gasteiger partial charge in [-0.15, -0.1) is 0 Å². The van der Waals surface area contributed by atoms with Crippen LogP contribution in [0, 0.1) is 10.1 Å². The Labute approximate surface area is 141 Å². The van der Waals surface area contributed by atoms with Crippen LogP contribution < -0.4 is 14.5 Å². The number of para-hydroxylation sites is 2. The Morgan fingerprint density at radius 3 is 2.42 bits per heavy atom. The van der Waals surface area contributed by atoms with Gasteiger partial charge in [0.1, 0.15) is 12.3 Å². The second-order valence-corrected chi connectivity index (χ2v) is 6.01. The van der Waals surface area contributed by atoms with Crippen molar-refractivity contribution in [2.24, 2.45) is 0 Å². The van der Waals surface area contributed by atoms with Crippen LogP contribution in [0.15, 0.2) is 48.5 Å². The van der Waals surface area contributed by atoms with Crippen LogP contribution in [-0.4, -0.2) is 38.2 Å². The van der Waals surface area contributed by atoms with Gasteiger partial charge in [0.25, 0.3) is 5.69 Å². The fraction of sp³-hybridized carbons (Fsp3) is 0.333. The molecule has 24 heavy (non-hydrogen) atoms. The third kappa shape index (κ3) is 3.65. The van der Waals surface area contributed by atoms with Gasteiger partial charge in [0, 0.05) is 17.7 Å². The molecule has 3 rings (SSSR count). The average Bonchev–Trinajstić information content (AvgIpc) is 2.63. The number of piperazine rings is 1. The maximum atomic E-state index is 10.7. The summed E-state index contributed by atoms with van der Waals surface area (Å²) in [4.78, 5) is 14.2. The van der Waals surface area contributed by atoms with Crippen LogP contribution in [0.3, 0.4) is 0 Å². The van der Waals surface area contributed by atoms with Gasteiger partial charge in [-0.2, -0.15) is 0 Å². The number of ether oxygens (including phenoxy) is 1. The summed E-state index contributed by atoms with van der Waals surface area (Å²) in [6.45, 7) is 4.92. The zero-order valence-electron chi connectivity index (χ0n) is 13.8. The molecule has 0 amide bonds. The van der Waals surface area contributed by atoms with E-state index in [1.54, 1.807) is 19.2 Å². The van der Waals surface area contributed by atoms with Crippen LogP contribution in [-0.2, 0) is 6.54 Å². The van der Waals surface area contributed by atoms with Gasteiger partial charge < -0.3 is 14.5 Å². The number of rotatable bonds is 5. The number of quaternary nitrogens is 1. The van der Waals surface area contributed by atoms with Gasteiger partial charge in [0.15, 0.2) is 0 Å². The Morgan fingerprint density at radius 2 is 1.79 bits per heavy atom. The Kier molecular flexibility index (Phi) is 4.96. The van der Waals surface area contributed by atoms with Crippen LogP contribution in [0.4, 0.5) is 11.4 Å². The van der Waals surface area contributed by atoms with E-state index in [0.717, 1.165) is 49.7 Å². The molecule has 126 valence electrons. The molecule has 1 aliphatic rings. The molecule has 1 aliphatic heterocycles. The fourth-order valence-corrected chi connectivity index (χ4v) is 3.16. The van der Waals surface area contributed by atoms with E-state index in [1.165, 1.54) is 4.90 Å². The molecule has 6 heteroatoms. The molecule has 0 unspecified atom stereocenters. The fourth-order valence-electron chi connectivity index (χ4n) is 3.16. The van der Waals surface area contributed by atoms with Crippen molar-refractivity contribution in [2.75, 3.05) is 38.2 Å². The van der Waals surface area contributed by atoms with Crippen molar-refractivity contribution < 1.29 is 14.6 Å². The summed E-state index contributed by atoms with van der Waals surface area (Å²) in [5, 5.41) is 10.7. The zero-order valence-corrected chi connectivity index (χ0v) is 13.8. The minimum atomic E-state index is -0.358. The SMILES string of the molecule is COc1ccccc1N1CC[NH+](Cc2ccc([N+](=O)[O-])cc2)CC1. The molecular formula is C18H22N3O3+. The van der Waals surface area contributed by atoms with Gasteiger partial charge in [-0.3, -0.25) is 10.1 Å². The third-order valence-corrected chi connectivity index (χ3v) is 4.50.